The van der Waals surface area contributed by atoms with Gasteiger partial charge in [-0.15, -0.1) is 0 Å². The van der Waals surface area contributed by atoms with Crippen molar-refractivity contribution in [2.45, 2.75) is 27.3 Å². The normalized spacial score (nSPS) is 11.5. The maximum Gasteiger partial charge on any atom is 0.188 e. The van der Waals surface area contributed by atoms with E-state index in [1.54, 1.807) is 6.92 Å². The quantitative estimate of drug-likeness (QED) is 0.302. The summed E-state index contributed by atoms with van der Waals surface area (Å²) in [6, 6.07) is 7.27. The molecule has 11 heteroatoms. The molecule has 184 valence electrons. The maximum absolute atomic E-state index is 15.1. The highest BCUT2D eigenvalue weighted by Crippen LogP contribution is 2.42. The number of aromatic nitrogens is 4. The van der Waals surface area contributed by atoms with Crippen LogP contribution in [0.2, 0.25) is 5.02 Å². The summed E-state index contributed by atoms with van der Waals surface area (Å²) in [4.78, 5) is 17.3. The molecule has 0 fully saturated rings. The van der Waals surface area contributed by atoms with Gasteiger partial charge in [-0.2, -0.15) is 5.26 Å². The fourth-order valence-corrected chi connectivity index (χ4v) is 5.50. The van der Waals surface area contributed by atoms with E-state index in [1.807, 2.05) is 19.9 Å². The molecule has 0 spiro atoms. The van der Waals surface area contributed by atoms with Gasteiger partial charge < -0.3 is 9.88 Å². The van der Waals surface area contributed by atoms with Crippen LogP contribution in [0.5, 0.6) is 0 Å². The van der Waals surface area contributed by atoms with E-state index in [0.717, 1.165) is 0 Å². The summed E-state index contributed by atoms with van der Waals surface area (Å²) in [6.07, 6.45) is 3.66. The molecule has 1 aromatic carbocycles. The highest BCUT2D eigenvalue weighted by atomic mass is 35.5. The van der Waals surface area contributed by atoms with Gasteiger partial charge in [-0.05, 0) is 25.1 Å². The van der Waals surface area contributed by atoms with Crippen LogP contribution in [0.25, 0.3) is 22.3 Å². The highest BCUT2D eigenvalue weighted by molar-refractivity contribution is 7.71. The minimum absolute atomic E-state index is 0.00907. The Labute approximate surface area is 212 Å². The SMILES string of the molecule is CCP(=O)(CC)c1ncc(-c2nc3c(NCc4cc(C#N)ccc4F)c(Cl)c(C)nc3cc2F)cn1. The van der Waals surface area contributed by atoms with E-state index in [2.05, 4.69) is 25.3 Å². The molecule has 0 aliphatic rings. The lowest BCUT2D eigenvalue weighted by atomic mass is 10.1. The fraction of sp³-hybridized carbons (Fsp3) is 0.240. The molecule has 0 saturated carbocycles. The van der Waals surface area contributed by atoms with Crippen molar-refractivity contribution in [1.82, 2.24) is 19.9 Å². The third-order valence-corrected chi connectivity index (χ3v) is 9.41. The standard InChI is InChI=1S/C25H22ClF2N6OP/c1-4-36(35,5-2)25-31-12-17(13-32-25)22-19(28)9-20-23(34-22)24(21(26)14(3)33-20)30-11-16-8-15(10-29)6-7-18(16)27/h6-9,12-13H,4-5,11H2,1-3H3,(H,30,33). The Morgan fingerprint density at radius 1 is 1.08 bits per heavy atom. The van der Waals surface area contributed by atoms with E-state index < -0.39 is 18.8 Å². The smallest absolute Gasteiger partial charge is 0.188 e. The van der Waals surface area contributed by atoms with Gasteiger partial charge in [-0.1, -0.05) is 25.4 Å². The minimum Gasteiger partial charge on any atom is -0.378 e. The molecular formula is C25H22ClF2N6OP. The molecule has 4 aromatic rings. The molecule has 0 unspecified atom stereocenters. The van der Waals surface area contributed by atoms with Crippen LogP contribution in [-0.2, 0) is 11.1 Å². The van der Waals surface area contributed by atoms with Gasteiger partial charge >= 0.3 is 0 Å². The third-order valence-electron chi connectivity index (χ3n) is 5.95. The van der Waals surface area contributed by atoms with Crippen molar-refractivity contribution in [2.75, 3.05) is 17.6 Å². The van der Waals surface area contributed by atoms with Crippen LogP contribution in [0.15, 0.2) is 36.7 Å². The molecular weight excluding hydrogens is 505 g/mol. The van der Waals surface area contributed by atoms with Gasteiger partial charge in [0.1, 0.15) is 17.0 Å². The highest BCUT2D eigenvalue weighted by Gasteiger charge is 2.24. The number of hydrogen-bond acceptors (Lipinski definition) is 7. The summed E-state index contributed by atoms with van der Waals surface area (Å²) >= 11 is 6.52. The topological polar surface area (TPSA) is 104 Å². The minimum atomic E-state index is -2.69. The van der Waals surface area contributed by atoms with Gasteiger partial charge in [0, 0.05) is 48.5 Å². The lowest BCUT2D eigenvalue weighted by Crippen LogP contribution is -2.16. The summed E-state index contributed by atoms with van der Waals surface area (Å²) in [6.45, 7) is 5.32. The maximum atomic E-state index is 15.1. The number of hydrogen-bond donors (Lipinski definition) is 1. The van der Waals surface area contributed by atoms with Crippen LogP contribution >= 0.6 is 18.7 Å². The summed E-state index contributed by atoms with van der Waals surface area (Å²) in [7, 11) is -2.69. The second-order valence-corrected chi connectivity index (χ2v) is 12.0. The van der Waals surface area contributed by atoms with Crippen LogP contribution in [-0.4, -0.2) is 32.3 Å². The third kappa shape index (κ3) is 4.79. The van der Waals surface area contributed by atoms with E-state index in [4.69, 9.17) is 16.9 Å². The Hall–Kier alpha value is -3.47. The number of fused-ring (bicyclic) bond motifs is 1. The van der Waals surface area contributed by atoms with Crippen molar-refractivity contribution >= 4 is 41.0 Å². The molecule has 3 heterocycles. The first kappa shape index (κ1) is 25.6. The summed E-state index contributed by atoms with van der Waals surface area (Å²) in [5.41, 5.74) is 2.41. The van der Waals surface area contributed by atoms with Gasteiger partial charge in [-0.25, -0.2) is 28.7 Å². The van der Waals surface area contributed by atoms with Crippen molar-refractivity contribution < 1.29 is 13.3 Å². The zero-order valence-electron chi connectivity index (χ0n) is 19.8. The predicted molar refractivity (Wildman–Crippen MR) is 137 cm³/mol. The Bertz CT molecular complexity index is 1550. The van der Waals surface area contributed by atoms with E-state index in [0.29, 0.717) is 34.8 Å². The Balaban J connectivity index is 1.78. The number of pyridine rings is 2. The fourth-order valence-electron chi connectivity index (χ4n) is 3.75. The molecule has 36 heavy (non-hydrogen) atoms. The molecule has 0 aliphatic carbocycles. The van der Waals surface area contributed by atoms with Gasteiger partial charge in [0.15, 0.2) is 18.5 Å². The molecule has 0 bridgehead atoms. The van der Waals surface area contributed by atoms with Crippen LogP contribution in [0.1, 0.15) is 30.7 Å². The van der Waals surface area contributed by atoms with Gasteiger partial charge in [0.05, 0.1) is 33.6 Å². The van der Waals surface area contributed by atoms with E-state index >= 15 is 4.39 Å². The largest absolute Gasteiger partial charge is 0.378 e. The first-order valence-corrected chi connectivity index (χ1v) is 13.7. The number of nitrogens with one attached hydrogen (secondary N) is 1. The van der Waals surface area contributed by atoms with Crippen LogP contribution < -0.4 is 10.9 Å². The molecule has 3 aromatic heterocycles. The van der Waals surface area contributed by atoms with Gasteiger partial charge in [0.25, 0.3) is 0 Å². The molecule has 0 amide bonds. The summed E-state index contributed by atoms with van der Waals surface area (Å²) in [5.74, 6) is -1.12. The van der Waals surface area contributed by atoms with Crippen molar-refractivity contribution in [3.8, 4) is 17.3 Å². The number of aryl methyl sites for hydroxylation is 1. The van der Waals surface area contributed by atoms with Crippen LogP contribution in [0.4, 0.5) is 14.5 Å². The Morgan fingerprint density at radius 3 is 2.42 bits per heavy atom. The number of benzene rings is 1. The molecule has 0 radical (unpaired) electrons. The Kier molecular flexibility index (Phi) is 7.30. The van der Waals surface area contributed by atoms with Gasteiger partial charge in [-0.3, -0.25) is 0 Å². The number of rotatable bonds is 7. The first-order valence-electron chi connectivity index (χ1n) is 11.2. The molecule has 1 N–H and O–H groups in total. The van der Waals surface area contributed by atoms with Crippen LogP contribution in [0, 0.1) is 29.9 Å². The van der Waals surface area contributed by atoms with Crippen molar-refractivity contribution in [3.63, 3.8) is 0 Å². The zero-order chi connectivity index (χ0) is 26.0. The summed E-state index contributed by atoms with van der Waals surface area (Å²) < 4.78 is 42.3. The van der Waals surface area contributed by atoms with Crippen LogP contribution in [0.3, 0.4) is 0 Å². The lowest BCUT2D eigenvalue weighted by molar-refractivity contribution is 0.581. The number of nitriles is 1. The predicted octanol–water partition coefficient (Wildman–Crippen LogP) is 5.84. The van der Waals surface area contributed by atoms with Crippen molar-refractivity contribution in [2.24, 2.45) is 0 Å². The molecule has 0 saturated heterocycles. The number of halogens is 3. The molecule has 0 atom stereocenters. The average molecular weight is 527 g/mol. The second-order valence-electron chi connectivity index (χ2n) is 8.14. The molecule has 0 aliphatic heterocycles. The summed E-state index contributed by atoms with van der Waals surface area (Å²) in [5, 5.41) is 12.4. The number of nitrogens with zero attached hydrogens (tertiary/aromatic N) is 5. The van der Waals surface area contributed by atoms with Crippen molar-refractivity contribution in [1.29, 1.82) is 5.26 Å². The van der Waals surface area contributed by atoms with E-state index in [9.17, 15) is 8.96 Å². The zero-order valence-corrected chi connectivity index (χ0v) is 21.5. The number of anilines is 1. The van der Waals surface area contributed by atoms with E-state index in [1.165, 1.54) is 36.7 Å². The molecule has 7 nitrogen and oxygen atoms in total. The Morgan fingerprint density at radius 2 is 1.78 bits per heavy atom. The molecule has 4 rings (SSSR count). The second kappa shape index (κ2) is 10.3. The van der Waals surface area contributed by atoms with Gasteiger partial charge in [0.2, 0.25) is 0 Å². The average Bonchev–Trinajstić information content (AvgIpc) is 2.89. The van der Waals surface area contributed by atoms with Crippen molar-refractivity contribution in [3.05, 3.63) is 70.1 Å². The van der Waals surface area contributed by atoms with E-state index in [-0.39, 0.29) is 39.4 Å². The lowest BCUT2D eigenvalue weighted by Gasteiger charge is -2.15. The first-order chi connectivity index (χ1) is 17.2. The monoisotopic (exact) mass is 526 g/mol.